The van der Waals surface area contributed by atoms with Crippen molar-refractivity contribution in [3.05, 3.63) is 27.2 Å². The van der Waals surface area contributed by atoms with Gasteiger partial charge in [0.15, 0.2) is 6.61 Å². The smallest absolute Gasteiger partial charge is 0.257 e. The van der Waals surface area contributed by atoms with E-state index in [1.165, 1.54) is 12.1 Å². The second-order valence-corrected chi connectivity index (χ2v) is 5.20. The predicted molar refractivity (Wildman–Crippen MR) is 78.5 cm³/mol. The van der Waals surface area contributed by atoms with Crippen LogP contribution in [0, 0.1) is 0 Å². The molecule has 0 saturated heterocycles. The van der Waals surface area contributed by atoms with Gasteiger partial charge >= 0.3 is 0 Å². The van der Waals surface area contributed by atoms with Crippen molar-refractivity contribution >= 4 is 40.7 Å². The van der Waals surface area contributed by atoms with E-state index in [0.717, 1.165) is 0 Å². The van der Waals surface area contributed by atoms with Crippen molar-refractivity contribution in [3.8, 4) is 5.75 Å². The van der Waals surface area contributed by atoms with E-state index in [-0.39, 0.29) is 18.6 Å². The van der Waals surface area contributed by atoms with Crippen molar-refractivity contribution in [3.63, 3.8) is 0 Å². The Morgan fingerprint density at radius 3 is 2.53 bits per heavy atom. The number of rotatable bonds is 6. The van der Waals surface area contributed by atoms with Crippen LogP contribution in [0.2, 0.25) is 15.1 Å². The molecule has 0 heterocycles. The summed E-state index contributed by atoms with van der Waals surface area (Å²) in [5.74, 6) is 0.0946. The van der Waals surface area contributed by atoms with Gasteiger partial charge in [0.2, 0.25) is 0 Å². The molecule has 0 aliphatic carbocycles. The van der Waals surface area contributed by atoms with Crippen LogP contribution < -0.4 is 15.4 Å². The zero-order chi connectivity index (χ0) is 14.4. The first kappa shape index (κ1) is 16.4. The summed E-state index contributed by atoms with van der Waals surface area (Å²) in [6, 6.07) is 3.15. The molecule has 4 nitrogen and oxygen atoms in total. The maximum absolute atomic E-state index is 11.5. The summed E-state index contributed by atoms with van der Waals surface area (Å²) in [6.07, 6.45) is 0. The van der Waals surface area contributed by atoms with Crippen molar-refractivity contribution in [1.29, 1.82) is 0 Å². The summed E-state index contributed by atoms with van der Waals surface area (Å²) in [6.45, 7) is 2.35. The predicted octanol–water partition coefficient (Wildman–Crippen LogP) is 2.75. The zero-order valence-corrected chi connectivity index (χ0v) is 12.9. The molecule has 0 fully saturated rings. The Bertz CT molecular complexity index is 455. The van der Waals surface area contributed by atoms with Crippen LogP contribution in [-0.2, 0) is 4.79 Å². The van der Waals surface area contributed by atoms with E-state index in [9.17, 15) is 4.79 Å². The summed E-state index contributed by atoms with van der Waals surface area (Å²) in [5, 5.41) is 6.70. The first-order valence-electron chi connectivity index (χ1n) is 5.65. The molecule has 1 atom stereocenters. The average Bonchev–Trinajstić information content (AvgIpc) is 2.38. The quantitative estimate of drug-likeness (QED) is 0.791. The van der Waals surface area contributed by atoms with Gasteiger partial charge in [0.25, 0.3) is 5.91 Å². The molecular weight excluding hydrogens is 311 g/mol. The highest BCUT2D eigenvalue weighted by molar-refractivity contribution is 6.43. The Balaban J connectivity index is 2.48. The maximum atomic E-state index is 11.5. The third-order valence-corrected chi connectivity index (χ3v) is 3.45. The number of ether oxygens (including phenoxy) is 1. The molecule has 0 spiro atoms. The van der Waals surface area contributed by atoms with Gasteiger partial charge in [0.1, 0.15) is 5.75 Å². The Hall–Kier alpha value is -0.680. The van der Waals surface area contributed by atoms with Crippen molar-refractivity contribution in [2.75, 3.05) is 20.2 Å². The highest BCUT2D eigenvalue weighted by Crippen LogP contribution is 2.33. The van der Waals surface area contributed by atoms with Crippen molar-refractivity contribution < 1.29 is 9.53 Å². The van der Waals surface area contributed by atoms with Gasteiger partial charge in [-0.15, -0.1) is 0 Å². The molecule has 19 heavy (non-hydrogen) atoms. The number of halogens is 3. The lowest BCUT2D eigenvalue weighted by Gasteiger charge is -2.12. The monoisotopic (exact) mass is 324 g/mol. The second-order valence-electron chi connectivity index (χ2n) is 3.98. The maximum Gasteiger partial charge on any atom is 0.257 e. The molecule has 0 aliphatic rings. The Kier molecular flexibility index (Phi) is 6.72. The number of nitrogens with one attached hydrogen (secondary N) is 2. The Morgan fingerprint density at radius 2 is 1.89 bits per heavy atom. The van der Waals surface area contributed by atoms with Crippen molar-refractivity contribution in [1.82, 2.24) is 10.6 Å². The molecule has 1 amide bonds. The van der Waals surface area contributed by atoms with E-state index >= 15 is 0 Å². The fourth-order valence-corrected chi connectivity index (χ4v) is 1.77. The third kappa shape index (κ3) is 5.45. The fraction of sp³-hybridized carbons (Fsp3) is 0.417. The first-order valence-corrected chi connectivity index (χ1v) is 6.78. The molecule has 0 bridgehead atoms. The van der Waals surface area contributed by atoms with Crippen LogP contribution in [-0.4, -0.2) is 32.1 Å². The molecule has 106 valence electrons. The number of carbonyl (C=O) groups excluding carboxylic acids is 1. The van der Waals surface area contributed by atoms with E-state index in [4.69, 9.17) is 39.5 Å². The first-order chi connectivity index (χ1) is 8.93. The highest BCUT2D eigenvalue weighted by Gasteiger charge is 2.09. The van der Waals surface area contributed by atoms with E-state index in [1.807, 2.05) is 14.0 Å². The number of carbonyl (C=O) groups is 1. The van der Waals surface area contributed by atoms with Gasteiger partial charge < -0.3 is 15.4 Å². The van der Waals surface area contributed by atoms with E-state index < -0.39 is 0 Å². The minimum absolute atomic E-state index is 0.131. The summed E-state index contributed by atoms with van der Waals surface area (Å²) < 4.78 is 5.29. The van der Waals surface area contributed by atoms with Gasteiger partial charge in [-0.25, -0.2) is 0 Å². The van der Waals surface area contributed by atoms with Gasteiger partial charge in [-0.3, -0.25) is 4.79 Å². The molecule has 0 aliphatic heterocycles. The molecule has 0 aromatic heterocycles. The summed E-state index contributed by atoms with van der Waals surface area (Å²) in [7, 11) is 1.82. The fourth-order valence-electron chi connectivity index (χ4n) is 1.18. The molecule has 7 heteroatoms. The largest absolute Gasteiger partial charge is 0.482 e. The van der Waals surface area contributed by atoms with Gasteiger partial charge in [-0.2, -0.15) is 0 Å². The minimum Gasteiger partial charge on any atom is -0.482 e. The summed E-state index contributed by atoms with van der Waals surface area (Å²) >= 11 is 17.6. The third-order valence-electron chi connectivity index (χ3n) is 2.43. The zero-order valence-electron chi connectivity index (χ0n) is 10.6. The molecule has 1 unspecified atom stereocenters. The Morgan fingerprint density at radius 1 is 1.26 bits per heavy atom. The molecule has 0 saturated carbocycles. The molecule has 0 radical (unpaired) electrons. The molecule has 2 N–H and O–H groups in total. The van der Waals surface area contributed by atoms with Crippen LogP contribution in [0.25, 0.3) is 0 Å². The van der Waals surface area contributed by atoms with Gasteiger partial charge in [0.05, 0.1) is 15.1 Å². The van der Waals surface area contributed by atoms with Gasteiger partial charge in [0, 0.05) is 18.7 Å². The van der Waals surface area contributed by atoms with Gasteiger partial charge in [-0.05, 0) is 20.0 Å². The van der Waals surface area contributed by atoms with E-state index in [2.05, 4.69) is 10.6 Å². The Labute approximate surface area is 127 Å². The normalized spacial score (nSPS) is 12.1. The van der Waals surface area contributed by atoms with Crippen LogP contribution in [0.4, 0.5) is 0 Å². The standard InChI is InChI=1S/C12H15Cl3N2O2/c1-7(16-2)5-17-12(18)6-19-11-4-9(14)8(13)3-10(11)15/h3-4,7,16H,5-6H2,1-2H3,(H,17,18). The number of benzene rings is 1. The van der Waals surface area contributed by atoms with Crippen LogP contribution in [0.1, 0.15) is 6.92 Å². The topological polar surface area (TPSA) is 50.4 Å². The number of likely N-dealkylation sites (N-methyl/N-ethyl adjacent to an activating group) is 1. The molecule has 1 aromatic rings. The lowest BCUT2D eigenvalue weighted by atomic mass is 10.3. The summed E-state index contributed by atoms with van der Waals surface area (Å²) in [5.41, 5.74) is 0. The lowest BCUT2D eigenvalue weighted by Crippen LogP contribution is -2.39. The number of amides is 1. The van der Waals surface area contributed by atoms with Crippen LogP contribution in [0.15, 0.2) is 12.1 Å². The van der Waals surface area contributed by atoms with Crippen LogP contribution >= 0.6 is 34.8 Å². The highest BCUT2D eigenvalue weighted by atomic mass is 35.5. The van der Waals surface area contributed by atoms with Crippen molar-refractivity contribution in [2.24, 2.45) is 0 Å². The van der Waals surface area contributed by atoms with Crippen molar-refractivity contribution in [2.45, 2.75) is 13.0 Å². The van der Waals surface area contributed by atoms with E-state index in [1.54, 1.807) is 0 Å². The lowest BCUT2D eigenvalue weighted by molar-refractivity contribution is -0.123. The average molecular weight is 326 g/mol. The second kappa shape index (κ2) is 7.80. The van der Waals surface area contributed by atoms with Crippen LogP contribution in [0.5, 0.6) is 5.75 Å². The minimum atomic E-state index is -0.232. The summed E-state index contributed by atoms with van der Waals surface area (Å²) in [4.78, 5) is 11.5. The van der Waals surface area contributed by atoms with Crippen LogP contribution in [0.3, 0.4) is 0 Å². The molecular formula is C12H15Cl3N2O2. The number of hydrogen-bond acceptors (Lipinski definition) is 3. The number of hydrogen-bond donors (Lipinski definition) is 2. The van der Waals surface area contributed by atoms with E-state index in [0.29, 0.717) is 27.4 Å². The molecule has 1 aromatic carbocycles. The van der Waals surface area contributed by atoms with Gasteiger partial charge in [-0.1, -0.05) is 34.8 Å². The molecule has 1 rings (SSSR count). The SMILES string of the molecule is CNC(C)CNC(=O)COc1cc(Cl)c(Cl)cc1Cl.